The summed E-state index contributed by atoms with van der Waals surface area (Å²) < 4.78 is 9.57. The third-order valence-corrected chi connectivity index (χ3v) is 3.96. The minimum absolute atomic E-state index is 0.137. The highest BCUT2D eigenvalue weighted by Gasteiger charge is 2.36. The highest BCUT2D eigenvalue weighted by Crippen LogP contribution is 2.34. The first-order valence-corrected chi connectivity index (χ1v) is 8.10. The first-order valence-electron chi connectivity index (χ1n) is 6.97. The Kier molecular flexibility index (Phi) is 7.67. The van der Waals surface area contributed by atoms with Crippen molar-refractivity contribution in [3.63, 3.8) is 0 Å². The highest BCUT2D eigenvalue weighted by atomic mass is 35.6. The van der Waals surface area contributed by atoms with E-state index in [9.17, 15) is 0 Å². The second kappa shape index (κ2) is 8.47. The zero-order valence-electron chi connectivity index (χ0n) is 11.9. The maximum Gasteiger partial charge on any atom is 0.265 e. The molecule has 0 spiro atoms. The molecular weight excluding hydrogens is 321 g/mol. The molecule has 0 unspecified atom stereocenters. The SMILES string of the molecule is C/C=C/[C@@H](OC(=N)C(Cl)(Cl)Cl)[C@@H]1CCCC[C@@H]1OCC. The summed E-state index contributed by atoms with van der Waals surface area (Å²) in [7, 11) is 0. The summed E-state index contributed by atoms with van der Waals surface area (Å²) in [6.45, 7) is 4.57. The topological polar surface area (TPSA) is 42.3 Å². The Labute approximate surface area is 136 Å². The number of halogens is 3. The number of allylic oxidation sites excluding steroid dienone is 1. The van der Waals surface area contributed by atoms with E-state index in [1.54, 1.807) is 0 Å². The van der Waals surface area contributed by atoms with Gasteiger partial charge in [-0.3, -0.25) is 5.41 Å². The maximum absolute atomic E-state index is 7.74. The van der Waals surface area contributed by atoms with Gasteiger partial charge in [-0.1, -0.05) is 53.7 Å². The second-order valence-electron chi connectivity index (χ2n) is 4.88. The molecule has 0 aromatic carbocycles. The monoisotopic (exact) mass is 341 g/mol. The van der Waals surface area contributed by atoms with Crippen LogP contribution in [0.5, 0.6) is 0 Å². The van der Waals surface area contributed by atoms with E-state index in [4.69, 9.17) is 49.7 Å². The van der Waals surface area contributed by atoms with Crippen molar-refractivity contribution in [2.45, 2.75) is 55.5 Å². The lowest BCUT2D eigenvalue weighted by molar-refractivity contribution is -0.0378. The average molecular weight is 343 g/mol. The van der Waals surface area contributed by atoms with Gasteiger partial charge in [-0.05, 0) is 32.8 Å². The standard InChI is InChI=1S/C14H22Cl3NO2/c1-3-7-12(20-13(18)14(15,16)17)10-8-5-6-9-11(10)19-4-2/h3,7,10-12,18H,4-6,8-9H2,1-2H3/b7-3+,18-13?/t10-,11+,12-/m1/s1. The Morgan fingerprint density at radius 3 is 2.55 bits per heavy atom. The van der Waals surface area contributed by atoms with Crippen molar-refractivity contribution in [1.82, 2.24) is 0 Å². The summed E-state index contributed by atoms with van der Waals surface area (Å²) >= 11 is 17.1. The summed E-state index contributed by atoms with van der Waals surface area (Å²) in [6, 6.07) is 0. The number of nitrogens with one attached hydrogen (secondary N) is 1. The van der Waals surface area contributed by atoms with Crippen LogP contribution < -0.4 is 0 Å². The van der Waals surface area contributed by atoms with E-state index in [-0.39, 0.29) is 24.0 Å². The van der Waals surface area contributed by atoms with Crippen LogP contribution in [0, 0.1) is 11.3 Å². The van der Waals surface area contributed by atoms with Gasteiger partial charge in [0.05, 0.1) is 6.10 Å². The molecule has 3 nitrogen and oxygen atoms in total. The van der Waals surface area contributed by atoms with Crippen LogP contribution in [0.25, 0.3) is 0 Å². The van der Waals surface area contributed by atoms with Crippen molar-refractivity contribution in [3.8, 4) is 0 Å². The van der Waals surface area contributed by atoms with E-state index in [1.807, 2.05) is 26.0 Å². The molecule has 1 rings (SSSR count). The molecule has 0 aromatic rings. The van der Waals surface area contributed by atoms with Gasteiger partial charge in [-0.25, -0.2) is 0 Å². The lowest BCUT2D eigenvalue weighted by atomic mass is 9.82. The molecule has 116 valence electrons. The minimum Gasteiger partial charge on any atom is -0.470 e. The molecule has 0 heterocycles. The Morgan fingerprint density at radius 2 is 2.00 bits per heavy atom. The molecule has 0 saturated heterocycles. The number of rotatable bonds is 5. The summed E-state index contributed by atoms with van der Waals surface area (Å²) in [4.78, 5) is 0. The third kappa shape index (κ3) is 5.44. The summed E-state index contributed by atoms with van der Waals surface area (Å²) in [5, 5.41) is 7.74. The van der Waals surface area contributed by atoms with Gasteiger partial charge in [0.1, 0.15) is 6.10 Å². The molecule has 0 aliphatic heterocycles. The normalized spacial score (nSPS) is 25.6. The molecule has 0 aromatic heterocycles. The molecule has 3 atom stereocenters. The fourth-order valence-electron chi connectivity index (χ4n) is 2.58. The third-order valence-electron chi connectivity index (χ3n) is 3.45. The van der Waals surface area contributed by atoms with Gasteiger partial charge in [0.25, 0.3) is 3.79 Å². The molecule has 1 N–H and O–H groups in total. The lowest BCUT2D eigenvalue weighted by Crippen LogP contribution is -2.39. The van der Waals surface area contributed by atoms with Crippen LogP contribution in [-0.2, 0) is 9.47 Å². The zero-order chi connectivity index (χ0) is 15.2. The van der Waals surface area contributed by atoms with E-state index >= 15 is 0 Å². The molecule has 0 radical (unpaired) electrons. The molecule has 1 saturated carbocycles. The minimum atomic E-state index is -1.82. The molecule has 6 heteroatoms. The quantitative estimate of drug-likeness (QED) is 0.334. The van der Waals surface area contributed by atoms with E-state index in [2.05, 4.69) is 0 Å². The van der Waals surface area contributed by atoms with Crippen LogP contribution in [0.1, 0.15) is 39.5 Å². The fourth-order valence-corrected chi connectivity index (χ4v) is 2.72. The number of alkyl halides is 3. The average Bonchev–Trinajstić information content (AvgIpc) is 2.38. The van der Waals surface area contributed by atoms with Crippen LogP contribution in [0.15, 0.2) is 12.2 Å². The van der Waals surface area contributed by atoms with Gasteiger partial charge in [-0.2, -0.15) is 0 Å². The van der Waals surface area contributed by atoms with Crippen LogP contribution in [-0.4, -0.2) is 28.5 Å². The van der Waals surface area contributed by atoms with E-state index in [0.29, 0.717) is 6.61 Å². The molecular formula is C14H22Cl3NO2. The van der Waals surface area contributed by atoms with Crippen molar-refractivity contribution in [3.05, 3.63) is 12.2 Å². The molecule has 1 aliphatic rings. The maximum atomic E-state index is 7.74. The van der Waals surface area contributed by atoms with Crippen LogP contribution >= 0.6 is 34.8 Å². The molecule has 1 fully saturated rings. The summed E-state index contributed by atoms with van der Waals surface area (Å²) in [5.41, 5.74) is 0. The van der Waals surface area contributed by atoms with Crippen LogP contribution in [0.4, 0.5) is 0 Å². The Morgan fingerprint density at radius 1 is 1.35 bits per heavy atom. The second-order valence-corrected chi connectivity index (χ2v) is 7.16. The van der Waals surface area contributed by atoms with E-state index in [0.717, 1.165) is 25.7 Å². The van der Waals surface area contributed by atoms with Gasteiger partial charge in [0.2, 0.25) is 5.90 Å². The molecule has 0 bridgehead atoms. The van der Waals surface area contributed by atoms with Gasteiger partial charge < -0.3 is 9.47 Å². The molecule has 20 heavy (non-hydrogen) atoms. The Hall–Kier alpha value is 0.0400. The molecule has 0 amide bonds. The van der Waals surface area contributed by atoms with Crippen molar-refractivity contribution >= 4 is 40.7 Å². The Bertz CT molecular complexity index is 340. The van der Waals surface area contributed by atoms with E-state index < -0.39 is 3.79 Å². The first kappa shape index (κ1) is 18.1. The Balaban J connectivity index is 2.79. The van der Waals surface area contributed by atoms with Gasteiger partial charge >= 0.3 is 0 Å². The number of hydrogen-bond acceptors (Lipinski definition) is 3. The lowest BCUT2D eigenvalue weighted by Gasteiger charge is -2.36. The number of hydrogen-bond donors (Lipinski definition) is 1. The van der Waals surface area contributed by atoms with Gasteiger partial charge in [-0.15, -0.1) is 0 Å². The van der Waals surface area contributed by atoms with Crippen LogP contribution in [0.3, 0.4) is 0 Å². The smallest absolute Gasteiger partial charge is 0.265 e. The summed E-state index contributed by atoms with van der Waals surface area (Å²) in [5.74, 6) is -0.154. The highest BCUT2D eigenvalue weighted by molar-refractivity contribution is 6.76. The first-order chi connectivity index (χ1) is 9.40. The van der Waals surface area contributed by atoms with Crippen LogP contribution in [0.2, 0.25) is 0 Å². The fraction of sp³-hybridized carbons (Fsp3) is 0.786. The van der Waals surface area contributed by atoms with Crippen molar-refractivity contribution < 1.29 is 9.47 Å². The predicted octanol–water partition coefficient (Wildman–Crippen LogP) is 4.89. The van der Waals surface area contributed by atoms with Crippen molar-refractivity contribution in [1.29, 1.82) is 5.41 Å². The predicted molar refractivity (Wildman–Crippen MR) is 85.1 cm³/mol. The van der Waals surface area contributed by atoms with Gasteiger partial charge in [0, 0.05) is 12.5 Å². The largest absolute Gasteiger partial charge is 0.470 e. The van der Waals surface area contributed by atoms with Crippen molar-refractivity contribution in [2.75, 3.05) is 6.61 Å². The number of ether oxygens (including phenoxy) is 2. The zero-order valence-corrected chi connectivity index (χ0v) is 14.1. The molecule has 1 aliphatic carbocycles. The van der Waals surface area contributed by atoms with Crippen molar-refractivity contribution in [2.24, 2.45) is 5.92 Å². The van der Waals surface area contributed by atoms with E-state index in [1.165, 1.54) is 0 Å². The van der Waals surface area contributed by atoms with Gasteiger partial charge in [0.15, 0.2) is 0 Å². The summed E-state index contributed by atoms with van der Waals surface area (Å²) in [6.07, 6.45) is 7.95.